The first-order valence-corrected chi connectivity index (χ1v) is 7.85. The predicted octanol–water partition coefficient (Wildman–Crippen LogP) is 3.90. The van der Waals surface area contributed by atoms with E-state index in [9.17, 15) is 9.59 Å². The number of urea groups is 1. The van der Waals surface area contributed by atoms with E-state index in [1.165, 1.54) is 0 Å². The lowest BCUT2D eigenvalue weighted by Crippen LogP contribution is -2.35. The fourth-order valence-corrected chi connectivity index (χ4v) is 1.80. The number of carbonyl (C=O) groups excluding carboxylic acids is 2. The van der Waals surface area contributed by atoms with Crippen molar-refractivity contribution in [3.63, 3.8) is 0 Å². The van der Waals surface area contributed by atoms with Crippen LogP contribution in [0.5, 0.6) is 5.75 Å². The molecule has 0 fully saturated rings. The van der Waals surface area contributed by atoms with Crippen molar-refractivity contribution in [3.8, 4) is 5.75 Å². The highest BCUT2D eigenvalue weighted by Gasteiger charge is 2.12. The highest BCUT2D eigenvalue weighted by Crippen LogP contribution is 2.17. The van der Waals surface area contributed by atoms with Gasteiger partial charge in [0.15, 0.2) is 0 Å². The molecule has 0 unspecified atom stereocenters. The van der Waals surface area contributed by atoms with Crippen molar-refractivity contribution in [1.82, 2.24) is 4.90 Å². The number of hydrogen-bond donors (Lipinski definition) is 1. The molecule has 122 valence electrons. The Kier molecular flexibility index (Phi) is 7.43. The largest absolute Gasteiger partial charge is 0.426 e. The van der Waals surface area contributed by atoms with Crippen LogP contribution in [0, 0.1) is 5.92 Å². The quantitative estimate of drug-likeness (QED) is 0.614. The lowest BCUT2D eigenvalue weighted by Gasteiger charge is -2.21. The second-order valence-electron chi connectivity index (χ2n) is 5.46. The van der Waals surface area contributed by atoms with Crippen LogP contribution in [0.15, 0.2) is 24.3 Å². The maximum atomic E-state index is 12.1. The van der Waals surface area contributed by atoms with E-state index >= 15 is 0 Å². The van der Waals surface area contributed by atoms with Crippen molar-refractivity contribution >= 4 is 17.7 Å². The number of ether oxygens (including phenoxy) is 1. The molecule has 5 nitrogen and oxygen atoms in total. The van der Waals surface area contributed by atoms with Gasteiger partial charge in [-0.15, -0.1) is 0 Å². The van der Waals surface area contributed by atoms with Gasteiger partial charge in [0.1, 0.15) is 5.75 Å². The Bertz CT molecular complexity index is 483. The van der Waals surface area contributed by atoms with Crippen LogP contribution in [0.4, 0.5) is 10.5 Å². The third-order valence-corrected chi connectivity index (χ3v) is 3.25. The smallest absolute Gasteiger partial charge is 0.321 e. The summed E-state index contributed by atoms with van der Waals surface area (Å²) in [7, 11) is 0. The van der Waals surface area contributed by atoms with E-state index in [1.807, 2.05) is 6.92 Å². The van der Waals surface area contributed by atoms with Crippen molar-refractivity contribution in [2.45, 2.75) is 40.5 Å². The van der Waals surface area contributed by atoms with E-state index in [1.54, 1.807) is 43.0 Å². The number of unbranched alkanes of at least 4 members (excludes halogenated alkanes) is 1. The number of nitrogens with one attached hydrogen (secondary N) is 1. The second-order valence-corrected chi connectivity index (χ2v) is 5.46. The number of rotatable bonds is 7. The average Bonchev–Trinajstić information content (AvgIpc) is 2.49. The summed E-state index contributed by atoms with van der Waals surface area (Å²) in [5, 5.41) is 2.85. The summed E-state index contributed by atoms with van der Waals surface area (Å²) in [6.07, 6.45) is 2.05. The molecule has 0 bridgehead atoms. The van der Waals surface area contributed by atoms with Crippen LogP contribution in [0.25, 0.3) is 0 Å². The van der Waals surface area contributed by atoms with Gasteiger partial charge in [-0.1, -0.05) is 27.2 Å². The van der Waals surface area contributed by atoms with Gasteiger partial charge in [0.05, 0.1) is 5.92 Å². The number of amides is 2. The zero-order chi connectivity index (χ0) is 16.5. The van der Waals surface area contributed by atoms with Crippen LogP contribution < -0.4 is 10.1 Å². The van der Waals surface area contributed by atoms with Crippen LogP contribution in [0.2, 0.25) is 0 Å². The summed E-state index contributed by atoms with van der Waals surface area (Å²) in [5.74, 6) is 0.0413. The molecule has 22 heavy (non-hydrogen) atoms. The zero-order valence-electron chi connectivity index (χ0n) is 13.9. The van der Waals surface area contributed by atoms with Crippen LogP contribution >= 0.6 is 0 Å². The van der Waals surface area contributed by atoms with Crippen LogP contribution in [0.3, 0.4) is 0 Å². The molecule has 0 aliphatic carbocycles. The first kappa shape index (κ1) is 18.0. The molecule has 1 rings (SSSR count). The Hall–Kier alpha value is -2.04. The Balaban J connectivity index is 2.59. The van der Waals surface area contributed by atoms with Gasteiger partial charge in [-0.2, -0.15) is 0 Å². The molecule has 0 aliphatic heterocycles. The van der Waals surface area contributed by atoms with Gasteiger partial charge in [-0.05, 0) is 37.6 Å². The van der Waals surface area contributed by atoms with Crippen molar-refractivity contribution in [2.24, 2.45) is 5.92 Å². The third kappa shape index (κ3) is 5.76. The monoisotopic (exact) mass is 306 g/mol. The summed E-state index contributed by atoms with van der Waals surface area (Å²) >= 11 is 0. The van der Waals surface area contributed by atoms with E-state index < -0.39 is 0 Å². The van der Waals surface area contributed by atoms with Gasteiger partial charge in [0.25, 0.3) is 0 Å². The summed E-state index contributed by atoms with van der Waals surface area (Å²) in [5.41, 5.74) is 0.685. The molecule has 1 N–H and O–H groups in total. The number of esters is 1. The lowest BCUT2D eigenvalue weighted by atomic mass is 10.2. The summed E-state index contributed by atoms with van der Waals surface area (Å²) in [6, 6.07) is 6.71. The van der Waals surface area contributed by atoms with Gasteiger partial charge in [0, 0.05) is 18.8 Å². The Morgan fingerprint density at radius 2 is 1.82 bits per heavy atom. The zero-order valence-corrected chi connectivity index (χ0v) is 13.9. The first-order chi connectivity index (χ1) is 10.5. The number of hydrogen-bond acceptors (Lipinski definition) is 3. The highest BCUT2D eigenvalue weighted by atomic mass is 16.5. The standard InChI is InChI=1S/C17H26N2O3/c1-5-7-12-19(6-2)17(21)18-14-8-10-15(11-9-14)22-16(20)13(3)4/h8-11,13H,5-7,12H2,1-4H3,(H,18,21). The Labute approximate surface area is 132 Å². The SMILES string of the molecule is CCCCN(CC)C(=O)Nc1ccc(OC(=O)C(C)C)cc1. The normalized spacial score (nSPS) is 10.4. The molecule has 0 heterocycles. The van der Waals surface area contributed by atoms with E-state index in [2.05, 4.69) is 12.2 Å². The maximum Gasteiger partial charge on any atom is 0.321 e. The van der Waals surface area contributed by atoms with E-state index in [4.69, 9.17) is 4.74 Å². The van der Waals surface area contributed by atoms with E-state index in [0.717, 1.165) is 19.4 Å². The summed E-state index contributed by atoms with van der Waals surface area (Å²) in [6.45, 7) is 9.06. The van der Waals surface area contributed by atoms with Gasteiger partial charge < -0.3 is 15.0 Å². The van der Waals surface area contributed by atoms with Gasteiger partial charge >= 0.3 is 12.0 Å². The molecule has 2 amide bonds. The van der Waals surface area contributed by atoms with E-state index in [-0.39, 0.29) is 17.9 Å². The van der Waals surface area contributed by atoms with Gasteiger partial charge in [-0.3, -0.25) is 4.79 Å². The second kappa shape index (κ2) is 9.07. The molecule has 0 saturated heterocycles. The molecule has 0 radical (unpaired) electrons. The van der Waals surface area contributed by atoms with Crippen LogP contribution in [0.1, 0.15) is 40.5 Å². The maximum absolute atomic E-state index is 12.1. The van der Waals surface area contributed by atoms with Crippen LogP contribution in [-0.4, -0.2) is 30.0 Å². The molecule has 0 spiro atoms. The van der Waals surface area contributed by atoms with Gasteiger partial charge in [-0.25, -0.2) is 4.79 Å². The number of carbonyl (C=O) groups is 2. The minimum atomic E-state index is -0.270. The molecular weight excluding hydrogens is 280 g/mol. The van der Waals surface area contributed by atoms with Crippen molar-refractivity contribution in [3.05, 3.63) is 24.3 Å². The Morgan fingerprint density at radius 1 is 1.18 bits per heavy atom. The van der Waals surface area contributed by atoms with Crippen LogP contribution in [-0.2, 0) is 4.79 Å². The molecule has 1 aromatic carbocycles. The molecule has 0 saturated carbocycles. The predicted molar refractivity (Wildman–Crippen MR) is 88.1 cm³/mol. The molecule has 0 aliphatic rings. The molecule has 1 aromatic rings. The molecule has 0 atom stereocenters. The number of benzene rings is 1. The summed E-state index contributed by atoms with van der Waals surface area (Å²) in [4.78, 5) is 25.4. The highest BCUT2D eigenvalue weighted by molar-refractivity contribution is 5.89. The average molecular weight is 306 g/mol. The van der Waals surface area contributed by atoms with Crippen molar-refractivity contribution < 1.29 is 14.3 Å². The van der Waals surface area contributed by atoms with E-state index in [0.29, 0.717) is 18.0 Å². The van der Waals surface area contributed by atoms with Crippen molar-refractivity contribution in [2.75, 3.05) is 18.4 Å². The minimum absolute atomic E-state index is 0.108. The topological polar surface area (TPSA) is 58.6 Å². The lowest BCUT2D eigenvalue weighted by molar-refractivity contribution is -0.137. The molecule has 5 heteroatoms. The van der Waals surface area contributed by atoms with Gasteiger partial charge in [0.2, 0.25) is 0 Å². The Morgan fingerprint density at radius 3 is 2.32 bits per heavy atom. The number of anilines is 1. The number of nitrogens with zero attached hydrogens (tertiary/aromatic N) is 1. The fraction of sp³-hybridized carbons (Fsp3) is 0.529. The summed E-state index contributed by atoms with van der Waals surface area (Å²) < 4.78 is 5.20. The first-order valence-electron chi connectivity index (χ1n) is 7.85. The minimum Gasteiger partial charge on any atom is -0.426 e. The van der Waals surface area contributed by atoms with Crippen molar-refractivity contribution in [1.29, 1.82) is 0 Å². The third-order valence-electron chi connectivity index (χ3n) is 3.25. The molecular formula is C17H26N2O3. The molecule has 0 aromatic heterocycles. The fourth-order valence-electron chi connectivity index (χ4n) is 1.80.